The molecule has 2 aromatic carbocycles. The second-order valence-electron chi connectivity index (χ2n) is 8.18. The lowest BCUT2D eigenvalue weighted by Gasteiger charge is -2.20. The van der Waals surface area contributed by atoms with Crippen LogP contribution in [0.1, 0.15) is 45.7 Å². The molecule has 0 radical (unpaired) electrons. The van der Waals surface area contributed by atoms with Crippen LogP contribution < -0.4 is 10.1 Å². The van der Waals surface area contributed by atoms with E-state index in [0.29, 0.717) is 35.4 Å². The van der Waals surface area contributed by atoms with Crippen molar-refractivity contribution in [2.75, 3.05) is 5.32 Å². The molecule has 0 saturated carbocycles. The Balaban J connectivity index is 1.95. The Morgan fingerprint density at radius 2 is 1.90 bits per heavy atom. The van der Waals surface area contributed by atoms with Crippen LogP contribution in [0, 0.1) is 0 Å². The summed E-state index contributed by atoms with van der Waals surface area (Å²) in [6.45, 7) is 7.42. The lowest BCUT2D eigenvalue weighted by Crippen LogP contribution is -2.27. The monoisotopic (exact) mass is 425 g/mol. The molecular formula is C23H27N3O5. The molecule has 1 unspecified atom stereocenters. The number of hydrogen-bond donors (Lipinski definition) is 2. The smallest absolute Gasteiger partial charge is 0.412 e. The topological polar surface area (TPSA) is 103 Å². The van der Waals surface area contributed by atoms with Crippen LogP contribution in [0.15, 0.2) is 48.7 Å². The standard InChI is InChI=1S/C23H27N3O5/c1-5-19(21(27)28)26-13-16-11-18(24-22(29)31-23(2,3)4)20(12-17(16)25-26)30-14-15-9-7-6-8-10-15/h6-13,19H,5,14H2,1-4H3,(H,24,29)(H,27,28). The molecule has 8 nitrogen and oxygen atoms in total. The van der Waals surface area contributed by atoms with Gasteiger partial charge in [0.2, 0.25) is 0 Å². The maximum Gasteiger partial charge on any atom is 0.412 e. The maximum absolute atomic E-state index is 12.4. The van der Waals surface area contributed by atoms with E-state index in [9.17, 15) is 14.7 Å². The van der Waals surface area contributed by atoms with Crippen molar-refractivity contribution in [2.45, 2.75) is 52.4 Å². The van der Waals surface area contributed by atoms with Gasteiger partial charge in [0.05, 0.1) is 11.2 Å². The highest BCUT2D eigenvalue weighted by atomic mass is 16.6. The first-order chi connectivity index (χ1) is 14.7. The number of hydrogen-bond acceptors (Lipinski definition) is 5. The van der Waals surface area contributed by atoms with Gasteiger partial charge in [-0.2, -0.15) is 5.10 Å². The molecule has 1 aromatic heterocycles. The summed E-state index contributed by atoms with van der Waals surface area (Å²) >= 11 is 0. The fourth-order valence-electron chi connectivity index (χ4n) is 3.07. The summed E-state index contributed by atoms with van der Waals surface area (Å²) in [5.41, 5.74) is 1.30. The zero-order chi connectivity index (χ0) is 22.6. The quantitative estimate of drug-likeness (QED) is 0.552. The molecule has 1 heterocycles. The third-order valence-corrected chi connectivity index (χ3v) is 4.49. The van der Waals surface area contributed by atoms with Crippen molar-refractivity contribution in [2.24, 2.45) is 0 Å². The molecule has 0 saturated heterocycles. The highest BCUT2D eigenvalue weighted by Crippen LogP contribution is 2.32. The predicted octanol–water partition coefficient (Wildman–Crippen LogP) is 5.00. The molecule has 2 N–H and O–H groups in total. The number of aromatic nitrogens is 2. The maximum atomic E-state index is 12.4. The van der Waals surface area contributed by atoms with Gasteiger partial charge in [-0.15, -0.1) is 0 Å². The van der Waals surface area contributed by atoms with Gasteiger partial charge in [-0.1, -0.05) is 37.3 Å². The van der Waals surface area contributed by atoms with E-state index in [1.54, 1.807) is 46.0 Å². The van der Waals surface area contributed by atoms with Gasteiger partial charge >= 0.3 is 12.1 Å². The molecule has 3 aromatic rings. The van der Waals surface area contributed by atoms with Crippen LogP contribution in [0.2, 0.25) is 0 Å². The van der Waals surface area contributed by atoms with E-state index >= 15 is 0 Å². The number of carbonyl (C=O) groups is 2. The van der Waals surface area contributed by atoms with E-state index in [-0.39, 0.29) is 0 Å². The molecule has 0 fully saturated rings. The number of amides is 1. The van der Waals surface area contributed by atoms with Crippen LogP contribution in [-0.2, 0) is 16.1 Å². The van der Waals surface area contributed by atoms with Crippen LogP contribution in [-0.4, -0.2) is 32.6 Å². The number of anilines is 1. The second kappa shape index (κ2) is 9.07. The summed E-state index contributed by atoms with van der Waals surface area (Å²) in [6.07, 6.45) is 1.43. The molecule has 8 heteroatoms. The van der Waals surface area contributed by atoms with Crippen LogP contribution in [0.25, 0.3) is 10.9 Å². The highest BCUT2D eigenvalue weighted by molar-refractivity contribution is 5.93. The van der Waals surface area contributed by atoms with E-state index in [1.807, 2.05) is 30.3 Å². The lowest BCUT2D eigenvalue weighted by molar-refractivity contribution is -0.141. The van der Waals surface area contributed by atoms with Gasteiger partial charge in [0.15, 0.2) is 0 Å². The van der Waals surface area contributed by atoms with Crippen molar-refractivity contribution >= 4 is 28.7 Å². The molecule has 31 heavy (non-hydrogen) atoms. The normalized spacial score (nSPS) is 12.4. The number of carboxylic acids is 1. The summed E-state index contributed by atoms with van der Waals surface area (Å²) < 4.78 is 12.8. The van der Waals surface area contributed by atoms with E-state index in [4.69, 9.17) is 9.47 Å². The van der Waals surface area contributed by atoms with Gasteiger partial charge in [-0.05, 0) is 38.8 Å². The van der Waals surface area contributed by atoms with Crippen LogP contribution in [0.5, 0.6) is 5.75 Å². The average Bonchev–Trinajstić information content (AvgIpc) is 3.07. The zero-order valence-electron chi connectivity index (χ0n) is 18.1. The molecule has 1 atom stereocenters. The summed E-state index contributed by atoms with van der Waals surface area (Å²) in [4.78, 5) is 23.9. The van der Waals surface area contributed by atoms with Gasteiger partial charge in [-0.25, -0.2) is 9.59 Å². The van der Waals surface area contributed by atoms with Gasteiger partial charge in [0, 0.05) is 17.6 Å². The first-order valence-corrected chi connectivity index (χ1v) is 10.1. The number of rotatable bonds is 7. The number of benzene rings is 2. The average molecular weight is 425 g/mol. The van der Waals surface area contributed by atoms with Gasteiger partial charge in [-0.3, -0.25) is 10.00 Å². The van der Waals surface area contributed by atoms with Crippen molar-refractivity contribution < 1.29 is 24.2 Å². The Hall–Kier alpha value is -3.55. The first kappa shape index (κ1) is 22.1. The number of ether oxygens (including phenoxy) is 2. The van der Waals surface area contributed by atoms with Crippen molar-refractivity contribution in [3.8, 4) is 5.75 Å². The molecule has 3 rings (SSSR count). The minimum atomic E-state index is -0.956. The molecule has 0 bridgehead atoms. The van der Waals surface area contributed by atoms with Crippen LogP contribution >= 0.6 is 0 Å². The number of nitrogens with zero attached hydrogens (tertiary/aromatic N) is 2. The van der Waals surface area contributed by atoms with E-state index in [2.05, 4.69) is 10.4 Å². The fourth-order valence-corrected chi connectivity index (χ4v) is 3.07. The van der Waals surface area contributed by atoms with Crippen molar-refractivity contribution in [3.63, 3.8) is 0 Å². The third-order valence-electron chi connectivity index (χ3n) is 4.49. The van der Waals surface area contributed by atoms with Crippen molar-refractivity contribution in [1.29, 1.82) is 0 Å². The minimum absolute atomic E-state index is 0.294. The number of fused-ring (bicyclic) bond motifs is 1. The second-order valence-corrected chi connectivity index (χ2v) is 8.18. The van der Waals surface area contributed by atoms with Crippen molar-refractivity contribution in [1.82, 2.24) is 9.78 Å². The highest BCUT2D eigenvalue weighted by Gasteiger charge is 2.21. The third kappa shape index (κ3) is 5.75. The summed E-state index contributed by atoms with van der Waals surface area (Å²) in [7, 11) is 0. The molecule has 0 aliphatic carbocycles. The molecule has 0 aliphatic heterocycles. The molecule has 164 valence electrons. The number of nitrogens with one attached hydrogen (secondary N) is 1. The Bertz CT molecular complexity index is 1070. The van der Waals surface area contributed by atoms with Gasteiger partial charge < -0.3 is 14.6 Å². The Morgan fingerprint density at radius 1 is 1.19 bits per heavy atom. The molecule has 0 aliphatic rings. The lowest BCUT2D eigenvalue weighted by atomic mass is 10.2. The van der Waals surface area contributed by atoms with E-state index in [0.717, 1.165) is 5.56 Å². The number of carboxylic acid groups (broad SMARTS) is 1. The Labute approximate surface area is 180 Å². The van der Waals surface area contributed by atoms with Crippen LogP contribution in [0.3, 0.4) is 0 Å². The van der Waals surface area contributed by atoms with E-state index in [1.165, 1.54) is 4.68 Å². The fraction of sp³-hybridized carbons (Fsp3) is 0.348. The van der Waals surface area contributed by atoms with Crippen molar-refractivity contribution in [3.05, 3.63) is 54.2 Å². The Kier molecular flexibility index (Phi) is 6.48. The molecular weight excluding hydrogens is 398 g/mol. The summed E-state index contributed by atoms with van der Waals surface area (Å²) in [5.74, 6) is -0.543. The molecule has 1 amide bonds. The summed E-state index contributed by atoms with van der Waals surface area (Å²) in [5, 5.41) is 17.3. The first-order valence-electron chi connectivity index (χ1n) is 10.1. The van der Waals surface area contributed by atoms with Gasteiger partial charge in [0.1, 0.15) is 24.0 Å². The van der Waals surface area contributed by atoms with Crippen LogP contribution in [0.4, 0.5) is 10.5 Å². The largest absolute Gasteiger partial charge is 0.487 e. The predicted molar refractivity (Wildman–Crippen MR) is 117 cm³/mol. The Morgan fingerprint density at radius 3 is 2.52 bits per heavy atom. The SMILES string of the molecule is CCC(C(=O)O)n1cc2cc(NC(=O)OC(C)(C)C)c(OCc3ccccc3)cc2n1. The number of carbonyl (C=O) groups excluding carboxylic acids is 1. The van der Waals surface area contributed by atoms with E-state index < -0.39 is 23.7 Å². The minimum Gasteiger partial charge on any atom is -0.487 e. The number of aliphatic carboxylic acids is 1. The summed E-state index contributed by atoms with van der Waals surface area (Å²) in [6, 6.07) is 12.3. The molecule has 0 spiro atoms. The zero-order valence-corrected chi connectivity index (χ0v) is 18.1. The van der Waals surface area contributed by atoms with Gasteiger partial charge in [0.25, 0.3) is 0 Å².